The number of aliphatic carboxylic acids is 1. The Hall–Kier alpha value is -1.59. The van der Waals surface area contributed by atoms with Crippen LogP contribution in [0.2, 0.25) is 5.02 Å². The molecule has 2 N–H and O–H groups in total. The van der Waals surface area contributed by atoms with Crippen molar-refractivity contribution >= 4 is 23.5 Å². The topological polar surface area (TPSA) is 75.6 Å². The molecular weight excluding hydrogens is 282 g/mol. The van der Waals surface area contributed by atoms with E-state index in [1.54, 1.807) is 0 Å². The number of carboxylic acid groups (broad SMARTS) is 1. The van der Waals surface area contributed by atoms with Crippen LogP contribution in [0.15, 0.2) is 18.2 Å². The molecule has 0 radical (unpaired) electrons. The van der Waals surface area contributed by atoms with Crippen molar-refractivity contribution < 1.29 is 19.4 Å². The van der Waals surface area contributed by atoms with Gasteiger partial charge in [0.2, 0.25) is 5.91 Å². The second-order valence-corrected chi connectivity index (χ2v) is 4.79. The third kappa shape index (κ3) is 6.54. The number of aryl methyl sites for hydroxylation is 2. The molecule has 0 fully saturated rings. The lowest BCUT2D eigenvalue weighted by atomic mass is 10.1. The summed E-state index contributed by atoms with van der Waals surface area (Å²) < 4.78 is 4.81. The molecule has 1 amide bonds. The first-order valence-corrected chi connectivity index (χ1v) is 6.68. The zero-order chi connectivity index (χ0) is 15.0. The van der Waals surface area contributed by atoms with Crippen LogP contribution in [0.3, 0.4) is 0 Å². The van der Waals surface area contributed by atoms with Gasteiger partial charge in [0, 0.05) is 18.0 Å². The first kappa shape index (κ1) is 16.5. The molecule has 1 aromatic carbocycles. The Morgan fingerprint density at radius 1 is 1.40 bits per heavy atom. The predicted molar refractivity (Wildman–Crippen MR) is 76.0 cm³/mol. The smallest absolute Gasteiger partial charge is 0.329 e. The van der Waals surface area contributed by atoms with Crippen molar-refractivity contribution in [3.63, 3.8) is 0 Å². The van der Waals surface area contributed by atoms with E-state index in [1.807, 2.05) is 25.1 Å². The van der Waals surface area contributed by atoms with E-state index in [0.717, 1.165) is 11.1 Å². The number of carboxylic acids is 1. The van der Waals surface area contributed by atoms with Gasteiger partial charge in [-0.3, -0.25) is 4.79 Å². The largest absolute Gasteiger partial charge is 0.480 e. The van der Waals surface area contributed by atoms with Crippen LogP contribution in [-0.2, 0) is 20.7 Å². The number of amides is 1. The normalized spacial score (nSPS) is 10.3. The summed E-state index contributed by atoms with van der Waals surface area (Å²) in [5.41, 5.74) is 2.02. The van der Waals surface area contributed by atoms with Gasteiger partial charge in [-0.15, -0.1) is 0 Å². The molecule has 0 aromatic heterocycles. The summed E-state index contributed by atoms with van der Waals surface area (Å²) in [5, 5.41) is 11.7. The number of hydrogen-bond acceptors (Lipinski definition) is 3. The highest BCUT2D eigenvalue weighted by Crippen LogP contribution is 2.17. The van der Waals surface area contributed by atoms with Gasteiger partial charge in [0.1, 0.15) is 6.61 Å². The minimum Gasteiger partial charge on any atom is -0.480 e. The highest BCUT2D eigenvalue weighted by Gasteiger charge is 2.04. The fourth-order valence-corrected chi connectivity index (χ4v) is 1.76. The molecule has 0 heterocycles. The second-order valence-electron chi connectivity index (χ2n) is 4.38. The van der Waals surface area contributed by atoms with Crippen LogP contribution >= 0.6 is 11.6 Å². The molecule has 1 rings (SSSR count). The summed E-state index contributed by atoms with van der Waals surface area (Å²) in [7, 11) is 0. The van der Waals surface area contributed by atoms with E-state index >= 15 is 0 Å². The average molecular weight is 300 g/mol. The Morgan fingerprint density at radius 2 is 2.15 bits per heavy atom. The van der Waals surface area contributed by atoms with Gasteiger partial charge in [-0.25, -0.2) is 4.79 Å². The number of benzene rings is 1. The quantitative estimate of drug-likeness (QED) is 0.718. The maximum atomic E-state index is 11.5. The summed E-state index contributed by atoms with van der Waals surface area (Å²) in [5.74, 6) is -1.12. The minimum absolute atomic E-state index is 0.0966. The van der Waals surface area contributed by atoms with Gasteiger partial charge >= 0.3 is 5.97 Å². The van der Waals surface area contributed by atoms with Crippen LogP contribution in [0, 0.1) is 6.92 Å². The van der Waals surface area contributed by atoms with Crippen molar-refractivity contribution in [2.75, 3.05) is 19.8 Å². The molecule has 0 aliphatic carbocycles. The molecule has 0 atom stereocenters. The van der Waals surface area contributed by atoms with E-state index < -0.39 is 5.97 Å². The molecule has 20 heavy (non-hydrogen) atoms. The Morgan fingerprint density at radius 3 is 2.80 bits per heavy atom. The SMILES string of the molecule is Cc1ccc(CCC(=O)NCCOCC(=O)O)cc1Cl. The first-order chi connectivity index (χ1) is 9.49. The van der Waals surface area contributed by atoms with Gasteiger partial charge in [0.05, 0.1) is 6.61 Å². The van der Waals surface area contributed by atoms with Crippen LogP contribution < -0.4 is 5.32 Å². The summed E-state index contributed by atoms with van der Waals surface area (Å²) >= 11 is 6.01. The minimum atomic E-state index is -1.02. The number of nitrogens with one attached hydrogen (secondary N) is 1. The number of carbonyl (C=O) groups is 2. The Balaban J connectivity index is 2.19. The third-order valence-electron chi connectivity index (χ3n) is 2.67. The molecule has 0 bridgehead atoms. The van der Waals surface area contributed by atoms with E-state index in [-0.39, 0.29) is 19.1 Å². The number of carbonyl (C=O) groups excluding carboxylic acids is 1. The van der Waals surface area contributed by atoms with Gasteiger partial charge in [0.25, 0.3) is 0 Å². The van der Waals surface area contributed by atoms with Crippen molar-refractivity contribution in [1.29, 1.82) is 0 Å². The zero-order valence-corrected chi connectivity index (χ0v) is 12.1. The lowest BCUT2D eigenvalue weighted by Gasteiger charge is -2.06. The number of rotatable bonds is 8. The van der Waals surface area contributed by atoms with E-state index in [0.29, 0.717) is 24.4 Å². The van der Waals surface area contributed by atoms with Crippen molar-refractivity contribution in [3.05, 3.63) is 34.3 Å². The Bertz CT molecular complexity index is 476. The number of halogens is 1. The van der Waals surface area contributed by atoms with E-state index in [4.69, 9.17) is 21.4 Å². The van der Waals surface area contributed by atoms with Gasteiger partial charge in [-0.05, 0) is 30.5 Å². The summed E-state index contributed by atoms with van der Waals surface area (Å²) in [6.45, 7) is 2.07. The van der Waals surface area contributed by atoms with Crippen LogP contribution in [-0.4, -0.2) is 36.7 Å². The lowest BCUT2D eigenvalue weighted by molar-refractivity contribution is -0.142. The summed E-state index contributed by atoms with van der Waals surface area (Å²) in [6, 6.07) is 5.74. The molecule has 6 heteroatoms. The fourth-order valence-electron chi connectivity index (χ4n) is 1.56. The predicted octanol–water partition coefficient (Wildman–Crippen LogP) is 1.80. The number of ether oxygens (including phenoxy) is 1. The van der Waals surface area contributed by atoms with Crippen LogP contribution in [0.4, 0.5) is 0 Å². The Labute approximate surface area is 122 Å². The number of hydrogen-bond donors (Lipinski definition) is 2. The zero-order valence-electron chi connectivity index (χ0n) is 11.3. The molecule has 5 nitrogen and oxygen atoms in total. The molecule has 1 aromatic rings. The van der Waals surface area contributed by atoms with Gasteiger partial charge in [-0.1, -0.05) is 23.7 Å². The third-order valence-corrected chi connectivity index (χ3v) is 3.08. The van der Waals surface area contributed by atoms with Gasteiger partial charge < -0.3 is 15.2 Å². The van der Waals surface area contributed by atoms with Crippen molar-refractivity contribution in [2.24, 2.45) is 0 Å². The fraction of sp³-hybridized carbons (Fsp3) is 0.429. The molecular formula is C14H18ClNO4. The van der Waals surface area contributed by atoms with Gasteiger partial charge in [-0.2, -0.15) is 0 Å². The van der Waals surface area contributed by atoms with Crippen molar-refractivity contribution in [2.45, 2.75) is 19.8 Å². The molecule has 0 saturated carbocycles. The standard InChI is InChI=1S/C14H18ClNO4/c1-10-2-3-11(8-12(10)15)4-5-13(17)16-6-7-20-9-14(18)19/h2-3,8H,4-7,9H2,1H3,(H,16,17)(H,18,19). The van der Waals surface area contributed by atoms with Crippen molar-refractivity contribution in [3.8, 4) is 0 Å². The molecule has 0 aliphatic rings. The van der Waals surface area contributed by atoms with E-state index in [9.17, 15) is 9.59 Å². The van der Waals surface area contributed by atoms with E-state index in [2.05, 4.69) is 5.32 Å². The van der Waals surface area contributed by atoms with E-state index in [1.165, 1.54) is 0 Å². The van der Waals surface area contributed by atoms with Crippen molar-refractivity contribution in [1.82, 2.24) is 5.32 Å². The second kappa shape index (κ2) is 8.55. The highest BCUT2D eigenvalue weighted by atomic mass is 35.5. The summed E-state index contributed by atoms with van der Waals surface area (Å²) in [6.07, 6.45) is 0.972. The van der Waals surface area contributed by atoms with Crippen LogP contribution in [0.1, 0.15) is 17.5 Å². The first-order valence-electron chi connectivity index (χ1n) is 6.30. The lowest BCUT2D eigenvalue weighted by Crippen LogP contribution is -2.28. The highest BCUT2D eigenvalue weighted by molar-refractivity contribution is 6.31. The molecule has 0 aliphatic heterocycles. The maximum absolute atomic E-state index is 11.5. The molecule has 110 valence electrons. The molecule has 0 spiro atoms. The van der Waals surface area contributed by atoms with Crippen LogP contribution in [0.25, 0.3) is 0 Å². The average Bonchev–Trinajstić information content (AvgIpc) is 2.39. The summed E-state index contributed by atoms with van der Waals surface area (Å²) in [4.78, 5) is 21.7. The maximum Gasteiger partial charge on any atom is 0.329 e. The Kier molecular flexibility index (Phi) is 7.04. The van der Waals surface area contributed by atoms with Gasteiger partial charge in [0.15, 0.2) is 0 Å². The monoisotopic (exact) mass is 299 g/mol. The molecule has 0 unspecified atom stereocenters. The van der Waals surface area contributed by atoms with Crippen LogP contribution in [0.5, 0.6) is 0 Å². The molecule has 0 saturated heterocycles.